The second-order valence-corrected chi connectivity index (χ2v) is 18.2. The van der Waals surface area contributed by atoms with Crippen LogP contribution < -0.4 is 10.1 Å². The Morgan fingerprint density at radius 2 is 1.71 bits per heavy atom. The fourth-order valence-corrected chi connectivity index (χ4v) is 9.97. The summed E-state index contributed by atoms with van der Waals surface area (Å²) in [7, 11) is 1.44. The third kappa shape index (κ3) is 9.00. The molecule has 5 aliphatic rings. The summed E-state index contributed by atoms with van der Waals surface area (Å²) in [6.07, 6.45) is 4.95. The number of hydrogen-bond donors (Lipinski definition) is 6. The number of aliphatic hydroxyl groups excluding tert-OH is 2. The molecule has 2 aromatic rings. The molecule has 16 nitrogen and oxygen atoms in total. The number of thioether (sulfide) groups is 1. The van der Waals surface area contributed by atoms with Crippen molar-refractivity contribution in [3.63, 3.8) is 0 Å². The molecule has 2 fully saturated rings. The lowest BCUT2D eigenvalue weighted by Crippen LogP contribution is -2.55. The van der Waals surface area contributed by atoms with Crippen molar-refractivity contribution in [3.8, 4) is 23.0 Å². The lowest BCUT2D eigenvalue weighted by Gasteiger charge is -2.42. The van der Waals surface area contributed by atoms with E-state index in [0.717, 1.165) is 24.6 Å². The summed E-state index contributed by atoms with van der Waals surface area (Å²) >= 11 is 1.87. The van der Waals surface area contributed by atoms with Gasteiger partial charge in [-0.3, -0.25) is 24.3 Å². The lowest BCUT2D eigenvalue weighted by molar-refractivity contribution is -0.160. The summed E-state index contributed by atoms with van der Waals surface area (Å²) in [5, 5.41) is 67.6. The van der Waals surface area contributed by atoms with E-state index in [2.05, 4.69) is 10.2 Å². The molecule has 1 unspecified atom stereocenters. The van der Waals surface area contributed by atoms with E-state index in [4.69, 9.17) is 24.0 Å². The number of rotatable bonds is 4. The van der Waals surface area contributed by atoms with Crippen molar-refractivity contribution in [2.75, 3.05) is 50.1 Å². The number of carbonyl (C=O) groups excluding carboxylic acids is 3. The Balaban J connectivity index is 1.50. The average Bonchev–Trinajstić information content (AvgIpc) is 3.51. The third-order valence-electron chi connectivity index (χ3n) is 12.8. The quantitative estimate of drug-likeness (QED) is 0.105. The number of ketones is 1. The maximum atomic E-state index is 14.5. The number of Topliss-reactive ketones (excluding diaryl/α,β-unsaturated/α-hetero) is 1. The molecule has 5 bridgehead atoms. The number of fused-ring (bicyclic) bond motifs is 15. The number of methoxy groups -OCH3 is 1. The van der Waals surface area contributed by atoms with Gasteiger partial charge in [0.2, 0.25) is 0 Å². The van der Waals surface area contributed by atoms with Gasteiger partial charge in [0.25, 0.3) is 11.7 Å². The number of benzene rings is 2. The van der Waals surface area contributed by atoms with Crippen LogP contribution in [0.25, 0.3) is 10.8 Å². The highest BCUT2D eigenvalue weighted by Gasteiger charge is 2.50. The molecule has 2 aromatic carbocycles. The molecule has 7 rings (SSSR count). The van der Waals surface area contributed by atoms with Crippen molar-refractivity contribution in [3.05, 3.63) is 52.8 Å². The standard InChI is InChI=1S/C45H60N4O12S/c1-22-11-10-12-23(2)44(57)47-35-30(19-46-49-15-14-48-16-18-62-21-29(48)20-49)39(54)32-33(40(35)55)38(53)27(6)42-34(32)43(56)45(8,61-42)59-17-13-31(58-9)24(3)41(60-28(7)50)26(5)37(52)25(4)36(22)51/h10-13,17,19,22,24-26,29,31,36-37,41,51-55H,14-16,18,20-21H2,1-9H3,(H,47,57)/b11-10+,17-13+,23-12-,46-19-/t22-,24+,25+,26+,29?,31-,36-,37+,41+,45-/m0/s1. The average molecular weight is 881 g/mol. The first-order chi connectivity index (χ1) is 29.3. The SMILES string of the molecule is CO[C@H]1/C=C/O[C@@]2(C)Oc3c(C)c(O)c4c(O)c(c(/C=N\N5CCN6CCSCC6C5)c(O)c4c3C2=O)NC(=O)/C(C)=C\C=C\[C@H](C)[C@H](O)[C@@H](C)[C@@H](O)[C@@H](C)[C@H](OC(C)=O)[C@@H]1C. The van der Waals surface area contributed by atoms with Gasteiger partial charge in [-0.25, -0.2) is 0 Å². The second-order valence-electron chi connectivity index (χ2n) is 17.0. The van der Waals surface area contributed by atoms with E-state index < -0.39 is 88.8 Å². The molecule has 2 saturated heterocycles. The Morgan fingerprint density at radius 1 is 0.984 bits per heavy atom. The lowest BCUT2D eigenvalue weighted by atomic mass is 9.78. The summed E-state index contributed by atoms with van der Waals surface area (Å²) in [6.45, 7) is 15.6. The smallest absolute Gasteiger partial charge is 0.312 e. The van der Waals surface area contributed by atoms with Crippen LogP contribution in [0.3, 0.4) is 0 Å². The normalized spacial score (nSPS) is 33.4. The number of nitrogens with zero attached hydrogens (tertiary/aromatic N) is 3. The van der Waals surface area contributed by atoms with E-state index in [1.165, 1.54) is 59.4 Å². The van der Waals surface area contributed by atoms with Crippen molar-refractivity contribution < 1.29 is 58.9 Å². The van der Waals surface area contributed by atoms with Crippen LogP contribution in [-0.4, -0.2) is 140 Å². The van der Waals surface area contributed by atoms with Crippen LogP contribution >= 0.6 is 11.8 Å². The van der Waals surface area contributed by atoms with Crippen LogP contribution in [0.15, 0.2) is 41.2 Å². The van der Waals surface area contributed by atoms with Gasteiger partial charge < -0.3 is 49.8 Å². The molecule has 6 N–H and O–H groups in total. The summed E-state index contributed by atoms with van der Waals surface area (Å²) in [5.41, 5.74) is -0.304. The van der Waals surface area contributed by atoms with Crippen molar-refractivity contribution in [1.29, 1.82) is 0 Å². The van der Waals surface area contributed by atoms with Crippen molar-refractivity contribution in [1.82, 2.24) is 9.91 Å². The number of esters is 1. The number of amides is 1. The highest BCUT2D eigenvalue weighted by atomic mass is 32.2. The number of phenolic OH excluding ortho intramolecular Hbond substituents is 3. The van der Waals surface area contributed by atoms with E-state index in [1.807, 2.05) is 16.8 Å². The van der Waals surface area contributed by atoms with Crippen LogP contribution in [-0.2, 0) is 23.8 Å². The number of nitrogens with one attached hydrogen (secondary N) is 1. The van der Waals surface area contributed by atoms with Gasteiger partial charge in [-0.15, -0.1) is 0 Å². The van der Waals surface area contributed by atoms with Crippen LogP contribution in [0.4, 0.5) is 5.69 Å². The molecule has 5 aliphatic heterocycles. The van der Waals surface area contributed by atoms with Gasteiger partial charge in [-0.05, 0) is 19.9 Å². The number of aliphatic hydroxyl groups is 2. The van der Waals surface area contributed by atoms with Gasteiger partial charge in [-0.1, -0.05) is 45.9 Å². The Morgan fingerprint density at radius 3 is 2.40 bits per heavy atom. The second kappa shape index (κ2) is 18.9. The third-order valence-corrected chi connectivity index (χ3v) is 13.9. The molecule has 0 aliphatic carbocycles. The Hall–Kier alpha value is -4.81. The molecule has 10 atom stereocenters. The monoisotopic (exact) mass is 880 g/mol. The Kier molecular flexibility index (Phi) is 14.2. The zero-order valence-corrected chi connectivity index (χ0v) is 37.6. The molecule has 5 heterocycles. The first kappa shape index (κ1) is 46.7. The fraction of sp³-hybridized carbons (Fsp3) is 0.556. The highest BCUT2D eigenvalue weighted by molar-refractivity contribution is 7.99. The number of piperazine rings is 1. The molecule has 338 valence electrons. The van der Waals surface area contributed by atoms with Gasteiger partial charge in [-0.2, -0.15) is 16.9 Å². The van der Waals surface area contributed by atoms with Crippen molar-refractivity contribution in [2.24, 2.45) is 28.8 Å². The minimum Gasteiger partial charge on any atom is -0.507 e. The summed E-state index contributed by atoms with van der Waals surface area (Å²) in [4.78, 5) is 43.2. The molecule has 17 heteroatoms. The number of allylic oxidation sites excluding steroid dienone is 2. The number of ether oxygens (including phenoxy) is 4. The maximum absolute atomic E-state index is 14.5. The van der Waals surface area contributed by atoms with Crippen molar-refractivity contribution >= 4 is 52.1 Å². The maximum Gasteiger partial charge on any atom is 0.312 e. The zero-order chi connectivity index (χ0) is 45.4. The van der Waals surface area contributed by atoms with Crippen LogP contribution in [0.2, 0.25) is 0 Å². The fourth-order valence-electron chi connectivity index (χ4n) is 8.85. The highest BCUT2D eigenvalue weighted by Crippen LogP contribution is 2.55. The number of carbonyl (C=O) groups is 3. The molecular formula is C45H60N4O12S. The number of hydrogen-bond acceptors (Lipinski definition) is 16. The largest absolute Gasteiger partial charge is 0.507 e. The molecule has 0 saturated carbocycles. The molecule has 62 heavy (non-hydrogen) atoms. The summed E-state index contributed by atoms with van der Waals surface area (Å²) in [5.74, 6) is -6.30. The molecule has 0 spiro atoms. The Bertz CT molecular complexity index is 2190. The minimum atomic E-state index is -2.04. The molecule has 0 radical (unpaired) electrons. The molecular weight excluding hydrogens is 821 g/mol. The van der Waals surface area contributed by atoms with Crippen LogP contribution in [0, 0.1) is 30.6 Å². The predicted molar refractivity (Wildman–Crippen MR) is 236 cm³/mol. The Labute approximate surface area is 366 Å². The van der Waals surface area contributed by atoms with Crippen LogP contribution in [0.1, 0.15) is 70.0 Å². The number of hydrazone groups is 1. The number of anilines is 1. The number of aromatic hydroxyl groups is 3. The summed E-state index contributed by atoms with van der Waals surface area (Å²) < 4.78 is 23.7. The topological polar surface area (TPSA) is 220 Å². The van der Waals surface area contributed by atoms with Gasteiger partial charge >= 0.3 is 11.8 Å². The van der Waals surface area contributed by atoms with Gasteiger partial charge in [0.05, 0.1) is 59.5 Å². The van der Waals surface area contributed by atoms with E-state index in [1.54, 1.807) is 39.8 Å². The van der Waals surface area contributed by atoms with Crippen molar-refractivity contribution in [2.45, 2.75) is 91.6 Å². The van der Waals surface area contributed by atoms with Gasteiger partial charge in [0, 0.05) is 98.3 Å². The minimum absolute atomic E-state index is 0.0613. The van der Waals surface area contributed by atoms with E-state index >= 15 is 0 Å². The van der Waals surface area contributed by atoms with Gasteiger partial charge in [0.15, 0.2) is 5.75 Å². The first-order valence-corrected chi connectivity index (χ1v) is 22.1. The molecule has 0 aromatic heterocycles. The summed E-state index contributed by atoms with van der Waals surface area (Å²) in [6, 6.07) is 0.268. The first-order valence-electron chi connectivity index (χ1n) is 21.0. The number of phenols is 3. The van der Waals surface area contributed by atoms with E-state index in [-0.39, 0.29) is 50.5 Å². The predicted octanol–water partition coefficient (Wildman–Crippen LogP) is 4.82. The van der Waals surface area contributed by atoms with Crippen LogP contribution in [0.5, 0.6) is 23.0 Å². The van der Waals surface area contributed by atoms with E-state index in [9.17, 15) is 39.9 Å². The molecule has 1 amide bonds. The zero-order valence-electron chi connectivity index (χ0n) is 36.7. The van der Waals surface area contributed by atoms with Gasteiger partial charge in [0.1, 0.15) is 23.4 Å². The van der Waals surface area contributed by atoms with E-state index in [0.29, 0.717) is 13.1 Å².